The maximum absolute atomic E-state index is 12.2. The molecule has 1 amide bonds. The van der Waals surface area contributed by atoms with Crippen LogP contribution < -0.4 is 26.9 Å². The zero-order valence-corrected chi connectivity index (χ0v) is 15.0. The molecule has 0 atom stereocenters. The second kappa shape index (κ2) is 8.89. The van der Waals surface area contributed by atoms with Crippen LogP contribution in [0.3, 0.4) is 0 Å². The van der Waals surface area contributed by atoms with Gasteiger partial charge >= 0.3 is 0 Å². The first kappa shape index (κ1) is 18.5. The van der Waals surface area contributed by atoms with E-state index in [1.165, 1.54) is 0 Å². The number of benzene rings is 2. The van der Waals surface area contributed by atoms with Crippen molar-refractivity contribution in [3.63, 3.8) is 0 Å². The SMILES string of the molecule is O=C(C[n+]1ccc(NC(=O)c2ccccc2)cc1)c1ccccc1.[Br-]. The smallest absolute Gasteiger partial charge is 0.255 e. The van der Waals surface area contributed by atoms with Crippen LogP contribution >= 0.6 is 0 Å². The number of nitrogens with one attached hydrogen (secondary N) is 1. The van der Waals surface area contributed by atoms with Crippen molar-refractivity contribution in [3.8, 4) is 0 Å². The van der Waals surface area contributed by atoms with Gasteiger partial charge in [-0.1, -0.05) is 48.5 Å². The molecule has 3 rings (SSSR count). The quantitative estimate of drug-likeness (QED) is 0.491. The molecule has 1 N–H and O–H groups in total. The zero-order valence-electron chi connectivity index (χ0n) is 13.4. The third-order valence-electron chi connectivity index (χ3n) is 3.61. The number of Topliss-reactive ketones (excluding diaryl/α,β-unsaturated/α-hetero) is 1. The molecule has 0 unspecified atom stereocenters. The number of amides is 1. The van der Waals surface area contributed by atoms with Gasteiger partial charge in [0.15, 0.2) is 12.4 Å². The van der Waals surface area contributed by atoms with E-state index in [0.717, 1.165) is 0 Å². The van der Waals surface area contributed by atoms with Crippen molar-refractivity contribution < 1.29 is 31.1 Å². The molecule has 5 heteroatoms. The topological polar surface area (TPSA) is 50.0 Å². The van der Waals surface area contributed by atoms with E-state index in [9.17, 15) is 9.59 Å². The lowest BCUT2D eigenvalue weighted by Gasteiger charge is -2.04. The fourth-order valence-corrected chi connectivity index (χ4v) is 2.32. The maximum Gasteiger partial charge on any atom is 0.255 e. The van der Waals surface area contributed by atoms with Crippen LogP contribution in [0.1, 0.15) is 20.7 Å². The van der Waals surface area contributed by atoms with Gasteiger partial charge in [-0.2, -0.15) is 4.57 Å². The number of nitrogens with zero attached hydrogens (tertiary/aromatic N) is 1. The molecule has 0 aliphatic heterocycles. The summed E-state index contributed by atoms with van der Waals surface area (Å²) in [5.41, 5.74) is 1.98. The fraction of sp³-hybridized carbons (Fsp3) is 0.0500. The molecular weight excluding hydrogens is 380 g/mol. The summed E-state index contributed by atoms with van der Waals surface area (Å²) in [5, 5.41) is 2.83. The highest BCUT2D eigenvalue weighted by molar-refractivity contribution is 6.04. The number of hydrogen-bond acceptors (Lipinski definition) is 2. The highest BCUT2D eigenvalue weighted by Crippen LogP contribution is 2.07. The molecular formula is C20H17BrN2O2. The van der Waals surface area contributed by atoms with E-state index in [1.54, 1.807) is 53.4 Å². The highest BCUT2D eigenvalue weighted by atomic mass is 79.9. The van der Waals surface area contributed by atoms with Gasteiger partial charge in [-0.25, -0.2) is 0 Å². The Bertz CT molecular complexity index is 762. The van der Waals surface area contributed by atoms with Gasteiger partial charge in [-0.3, -0.25) is 9.59 Å². The lowest BCUT2D eigenvalue weighted by atomic mass is 10.1. The summed E-state index contributed by atoms with van der Waals surface area (Å²) in [7, 11) is 0. The van der Waals surface area contributed by atoms with Gasteiger partial charge in [0, 0.05) is 23.3 Å². The number of ketones is 1. The summed E-state index contributed by atoms with van der Waals surface area (Å²) in [5.74, 6) is -0.115. The number of anilines is 1. The second-order valence-corrected chi connectivity index (χ2v) is 5.37. The van der Waals surface area contributed by atoms with Crippen LogP contribution in [0.5, 0.6) is 0 Å². The van der Waals surface area contributed by atoms with Gasteiger partial charge in [0.25, 0.3) is 5.91 Å². The number of pyridine rings is 1. The molecule has 0 aliphatic carbocycles. The summed E-state index contributed by atoms with van der Waals surface area (Å²) >= 11 is 0. The Balaban J connectivity index is 0.00000225. The first-order valence-electron chi connectivity index (χ1n) is 7.66. The molecule has 0 fully saturated rings. The van der Waals surface area contributed by atoms with E-state index in [-0.39, 0.29) is 35.2 Å². The van der Waals surface area contributed by atoms with Crippen molar-refractivity contribution in [2.45, 2.75) is 6.54 Å². The van der Waals surface area contributed by atoms with E-state index < -0.39 is 0 Å². The molecule has 0 aliphatic rings. The monoisotopic (exact) mass is 396 g/mol. The van der Waals surface area contributed by atoms with Crippen LogP contribution in [-0.2, 0) is 6.54 Å². The Kier molecular flexibility index (Phi) is 6.60. The molecule has 0 saturated carbocycles. The Hall–Kier alpha value is -2.79. The predicted octanol–water partition coefficient (Wildman–Crippen LogP) is 0.113. The fourth-order valence-electron chi connectivity index (χ4n) is 2.32. The van der Waals surface area contributed by atoms with Gasteiger partial charge in [-0.05, 0) is 12.1 Å². The van der Waals surface area contributed by atoms with Crippen LogP contribution in [0, 0.1) is 0 Å². The van der Waals surface area contributed by atoms with Crippen LogP contribution in [0.25, 0.3) is 0 Å². The van der Waals surface area contributed by atoms with Crippen LogP contribution in [0.2, 0.25) is 0 Å². The minimum absolute atomic E-state index is 0. The Morgan fingerprint density at radius 2 is 1.28 bits per heavy atom. The Labute approximate surface area is 156 Å². The molecule has 0 saturated heterocycles. The molecule has 0 spiro atoms. The first-order valence-corrected chi connectivity index (χ1v) is 7.66. The summed E-state index contributed by atoms with van der Waals surface area (Å²) in [6.45, 7) is 0.261. The zero-order chi connectivity index (χ0) is 16.8. The number of halogens is 1. The standard InChI is InChI=1S/C20H16N2O2.BrH/c23-19(16-7-3-1-4-8-16)15-22-13-11-18(12-14-22)21-20(24)17-9-5-2-6-10-17;/h1-14H,15H2;1H. The van der Waals surface area contributed by atoms with E-state index in [0.29, 0.717) is 16.8 Å². The molecule has 1 aromatic heterocycles. The van der Waals surface area contributed by atoms with Gasteiger partial charge in [-0.15, -0.1) is 0 Å². The first-order chi connectivity index (χ1) is 11.7. The normalized spacial score (nSPS) is 9.76. The second-order valence-electron chi connectivity index (χ2n) is 5.37. The lowest BCUT2D eigenvalue weighted by molar-refractivity contribution is -0.683. The summed E-state index contributed by atoms with van der Waals surface area (Å²) < 4.78 is 1.79. The number of carbonyl (C=O) groups excluding carboxylic acids is 2. The van der Waals surface area contributed by atoms with Crippen LogP contribution in [0.4, 0.5) is 5.69 Å². The maximum atomic E-state index is 12.2. The minimum atomic E-state index is -0.159. The molecule has 126 valence electrons. The third-order valence-corrected chi connectivity index (χ3v) is 3.61. The van der Waals surface area contributed by atoms with E-state index in [4.69, 9.17) is 0 Å². The van der Waals surface area contributed by atoms with E-state index in [2.05, 4.69) is 5.32 Å². The van der Waals surface area contributed by atoms with E-state index in [1.807, 2.05) is 36.4 Å². The molecule has 1 heterocycles. The average molecular weight is 397 g/mol. The van der Waals surface area contributed by atoms with Gasteiger partial charge in [0.05, 0.1) is 5.69 Å². The summed E-state index contributed by atoms with van der Waals surface area (Å²) in [4.78, 5) is 24.3. The molecule has 25 heavy (non-hydrogen) atoms. The number of rotatable bonds is 5. The Morgan fingerprint density at radius 3 is 1.84 bits per heavy atom. The van der Waals surface area contributed by atoms with E-state index >= 15 is 0 Å². The van der Waals surface area contributed by atoms with Crippen molar-refractivity contribution in [2.75, 3.05) is 5.32 Å². The molecule has 4 nitrogen and oxygen atoms in total. The molecule has 3 aromatic rings. The summed E-state index contributed by atoms with van der Waals surface area (Å²) in [6.07, 6.45) is 3.56. The van der Waals surface area contributed by atoms with Crippen molar-refractivity contribution in [3.05, 3.63) is 96.3 Å². The van der Waals surface area contributed by atoms with Crippen LogP contribution in [0.15, 0.2) is 85.2 Å². The van der Waals surface area contributed by atoms with Crippen molar-refractivity contribution in [2.24, 2.45) is 0 Å². The largest absolute Gasteiger partial charge is 1.00 e. The Morgan fingerprint density at radius 1 is 0.760 bits per heavy atom. The summed E-state index contributed by atoms with van der Waals surface area (Å²) in [6, 6.07) is 21.8. The number of carbonyl (C=O) groups is 2. The molecule has 0 radical (unpaired) electrons. The predicted molar refractivity (Wildman–Crippen MR) is 91.8 cm³/mol. The van der Waals surface area contributed by atoms with Crippen molar-refractivity contribution in [1.29, 1.82) is 0 Å². The minimum Gasteiger partial charge on any atom is -1.00 e. The third kappa shape index (κ3) is 5.09. The van der Waals surface area contributed by atoms with Crippen LogP contribution in [-0.4, -0.2) is 11.7 Å². The van der Waals surface area contributed by atoms with Gasteiger partial charge in [0.2, 0.25) is 12.3 Å². The van der Waals surface area contributed by atoms with Crippen molar-refractivity contribution >= 4 is 17.4 Å². The molecule has 2 aromatic carbocycles. The van der Waals surface area contributed by atoms with Crippen molar-refractivity contribution in [1.82, 2.24) is 0 Å². The molecule has 0 bridgehead atoms. The highest BCUT2D eigenvalue weighted by Gasteiger charge is 2.12. The van der Waals surface area contributed by atoms with Gasteiger partial charge in [0.1, 0.15) is 0 Å². The number of hydrogen-bond donors (Lipinski definition) is 1. The van der Waals surface area contributed by atoms with Gasteiger partial charge < -0.3 is 22.3 Å². The lowest BCUT2D eigenvalue weighted by Crippen LogP contribution is -3.00. The number of aromatic nitrogens is 1. The average Bonchev–Trinajstić information content (AvgIpc) is 2.65.